The lowest BCUT2D eigenvalue weighted by molar-refractivity contribution is 0.206. The minimum absolute atomic E-state index is 0.156. The van der Waals surface area contributed by atoms with Gasteiger partial charge in [-0.25, -0.2) is 4.79 Å². The first-order valence-electron chi connectivity index (χ1n) is 10.4. The van der Waals surface area contributed by atoms with E-state index in [2.05, 4.69) is 10.3 Å². The number of aromatic nitrogens is 1. The van der Waals surface area contributed by atoms with Crippen LogP contribution in [0.2, 0.25) is 5.02 Å². The van der Waals surface area contributed by atoms with E-state index in [-0.39, 0.29) is 18.1 Å². The van der Waals surface area contributed by atoms with Gasteiger partial charge in [0.15, 0.2) is 0 Å². The molecule has 0 spiro atoms. The molecule has 0 fully saturated rings. The number of halogens is 1. The average molecular weight is 446 g/mol. The van der Waals surface area contributed by atoms with Gasteiger partial charge in [0.2, 0.25) is 0 Å². The van der Waals surface area contributed by atoms with Crippen LogP contribution in [0.5, 0.6) is 0 Å². The number of anilines is 1. The van der Waals surface area contributed by atoms with Gasteiger partial charge in [-0.2, -0.15) is 0 Å². The van der Waals surface area contributed by atoms with Crippen molar-refractivity contribution in [3.05, 3.63) is 110 Å². The maximum Gasteiger partial charge on any atom is 0.322 e. The standard InChI is InChI=1S/C26H24ClN3O2/c1-17-7-10-19(11-8-17)15-30(26(32)29-24-6-4-3-5-22(24)27)16-21-14-20-13-18(2)9-12-23(20)28-25(21)31/h3-14H,15-16H2,1-2H3,(H,28,31)(H,29,32). The molecule has 2 amide bonds. The topological polar surface area (TPSA) is 65.2 Å². The van der Waals surface area contributed by atoms with Gasteiger partial charge >= 0.3 is 6.03 Å². The van der Waals surface area contributed by atoms with E-state index in [1.807, 2.05) is 68.4 Å². The highest BCUT2D eigenvalue weighted by Gasteiger charge is 2.18. The van der Waals surface area contributed by atoms with E-state index < -0.39 is 0 Å². The number of para-hydroxylation sites is 1. The second kappa shape index (κ2) is 9.28. The van der Waals surface area contributed by atoms with Crippen molar-refractivity contribution in [1.82, 2.24) is 9.88 Å². The maximum atomic E-state index is 13.2. The van der Waals surface area contributed by atoms with E-state index in [0.717, 1.165) is 27.6 Å². The number of carbonyl (C=O) groups is 1. The van der Waals surface area contributed by atoms with Gasteiger partial charge in [0, 0.05) is 17.6 Å². The Balaban J connectivity index is 1.66. The van der Waals surface area contributed by atoms with E-state index in [1.165, 1.54) is 0 Å². The summed E-state index contributed by atoms with van der Waals surface area (Å²) in [5, 5.41) is 4.26. The Bertz CT molecular complexity index is 1330. The number of rotatable bonds is 5. The Morgan fingerprint density at radius 2 is 1.66 bits per heavy atom. The van der Waals surface area contributed by atoms with Crippen molar-refractivity contribution in [2.45, 2.75) is 26.9 Å². The molecule has 5 nitrogen and oxygen atoms in total. The summed E-state index contributed by atoms with van der Waals surface area (Å²) in [5.41, 5.74) is 4.82. The summed E-state index contributed by atoms with van der Waals surface area (Å²) in [6.45, 7) is 4.53. The summed E-state index contributed by atoms with van der Waals surface area (Å²) in [6, 6.07) is 22.4. The number of aromatic amines is 1. The number of nitrogens with zero attached hydrogens (tertiary/aromatic N) is 1. The second-order valence-corrected chi connectivity index (χ2v) is 8.37. The normalized spacial score (nSPS) is 10.8. The molecular formula is C26H24ClN3O2. The number of urea groups is 1. The Kier molecular flexibility index (Phi) is 6.28. The molecule has 4 rings (SSSR count). The van der Waals surface area contributed by atoms with Gasteiger partial charge in [0.05, 0.1) is 17.3 Å². The molecule has 1 heterocycles. The van der Waals surface area contributed by atoms with Crippen LogP contribution in [-0.2, 0) is 13.1 Å². The number of H-pyrrole nitrogens is 1. The van der Waals surface area contributed by atoms with Gasteiger partial charge in [-0.05, 0) is 55.1 Å². The third-order valence-corrected chi connectivity index (χ3v) is 5.66. The number of nitrogens with one attached hydrogen (secondary N) is 2. The number of amides is 2. The summed E-state index contributed by atoms with van der Waals surface area (Å²) in [7, 11) is 0. The molecule has 0 saturated carbocycles. The molecule has 3 aromatic carbocycles. The lowest BCUT2D eigenvalue weighted by atomic mass is 10.1. The summed E-state index contributed by atoms with van der Waals surface area (Å²) in [4.78, 5) is 30.5. The lowest BCUT2D eigenvalue weighted by Gasteiger charge is -2.24. The molecule has 2 N–H and O–H groups in total. The molecule has 162 valence electrons. The van der Waals surface area contributed by atoms with Gasteiger partial charge in [0.1, 0.15) is 0 Å². The molecule has 0 saturated heterocycles. The smallest absolute Gasteiger partial charge is 0.322 e. The molecule has 4 aromatic rings. The Labute approximate surface area is 191 Å². The highest BCUT2D eigenvalue weighted by atomic mass is 35.5. The van der Waals surface area contributed by atoms with Crippen LogP contribution in [0.15, 0.2) is 77.6 Å². The fraction of sp³-hybridized carbons (Fsp3) is 0.154. The largest absolute Gasteiger partial charge is 0.322 e. The molecule has 0 aliphatic rings. The maximum absolute atomic E-state index is 13.2. The number of aryl methyl sites for hydroxylation is 2. The fourth-order valence-electron chi connectivity index (χ4n) is 3.56. The van der Waals surface area contributed by atoms with Crippen LogP contribution < -0.4 is 10.9 Å². The van der Waals surface area contributed by atoms with E-state index >= 15 is 0 Å². The zero-order chi connectivity index (χ0) is 22.7. The highest BCUT2D eigenvalue weighted by Crippen LogP contribution is 2.22. The van der Waals surface area contributed by atoms with E-state index in [9.17, 15) is 9.59 Å². The molecule has 0 aliphatic carbocycles. The van der Waals surface area contributed by atoms with Crippen LogP contribution in [0.4, 0.5) is 10.5 Å². The first kappa shape index (κ1) is 21.7. The summed E-state index contributed by atoms with van der Waals surface area (Å²) < 4.78 is 0. The van der Waals surface area contributed by atoms with Crippen molar-refractivity contribution in [1.29, 1.82) is 0 Å². The van der Waals surface area contributed by atoms with Gasteiger partial charge in [0.25, 0.3) is 5.56 Å². The molecular weight excluding hydrogens is 422 g/mol. The van der Waals surface area contributed by atoms with Gasteiger partial charge in [-0.1, -0.05) is 65.2 Å². The lowest BCUT2D eigenvalue weighted by Crippen LogP contribution is -2.35. The molecule has 0 aliphatic heterocycles. The number of hydrogen-bond acceptors (Lipinski definition) is 2. The third kappa shape index (κ3) is 5.01. The summed E-state index contributed by atoms with van der Waals surface area (Å²) in [5.74, 6) is 0. The summed E-state index contributed by atoms with van der Waals surface area (Å²) >= 11 is 6.23. The predicted molar refractivity (Wildman–Crippen MR) is 130 cm³/mol. The SMILES string of the molecule is Cc1ccc(CN(Cc2cc3cc(C)ccc3[nH]c2=O)C(=O)Nc2ccccc2Cl)cc1. The van der Waals surface area contributed by atoms with Crippen LogP contribution in [-0.4, -0.2) is 15.9 Å². The minimum Gasteiger partial charge on any atom is -0.322 e. The van der Waals surface area contributed by atoms with Crippen LogP contribution >= 0.6 is 11.6 Å². The molecule has 0 radical (unpaired) electrons. The third-order valence-electron chi connectivity index (χ3n) is 5.33. The molecule has 0 bridgehead atoms. The van der Waals surface area contributed by atoms with Crippen molar-refractivity contribution in [3.63, 3.8) is 0 Å². The summed E-state index contributed by atoms with van der Waals surface area (Å²) in [6.07, 6.45) is 0. The minimum atomic E-state index is -0.331. The first-order chi connectivity index (χ1) is 15.4. The zero-order valence-corrected chi connectivity index (χ0v) is 18.7. The Morgan fingerprint density at radius 1 is 0.938 bits per heavy atom. The first-order valence-corrected chi connectivity index (χ1v) is 10.8. The number of pyridine rings is 1. The van der Waals surface area contributed by atoms with Crippen LogP contribution in [0.1, 0.15) is 22.3 Å². The van der Waals surface area contributed by atoms with E-state index in [0.29, 0.717) is 22.8 Å². The molecule has 6 heteroatoms. The average Bonchev–Trinajstić information content (AvgIpc) is 2.77. The molecule has 32 heavy (non-hydrogen) atoms. The molecule has 0 unspecified atom stereocenters. The van der Waals surface area contributed by atoms with Gasteiger partial charge < -0.3 is 15.2 Å². The van der Waals surface area contributed by atoms with Crippen LogP contribution in [0.25, 0.3) is 10.9 Å². The fourth-order valence-corrected chi connectivity index (χ4v) is 3.75. The van der Waals surface area contributed by atoms with Crippen molar-refractivity contribution in [3.8, 4) is 0 Å². The number of fused-ring (bicyclic) bond motifs is 1. The van der Waals surface area contributed by atoms with Crippen LogP contribution in [0, 0.1) is 13.8 Å². The molecule has 1 aromatic heterocycles. The number of carbonyl (C=O) groups excluding carboxylic acids is 1. The molecule has 0 atom stereocenters. The highest BCUT2D eigenvalue weighted by molar-refractivity contribution is 6.33. The van der Waals surface area contributed by atoms with Crippen molar-refractivity contribution in [2.75, 3.05) is 5.32 Å². The quantitative estimate of drug-likeness (QED) is 0.393. The zero-order valence-electron chi connectivity index (χ0n) is 18.0. The predicted octanol–water partition coefficient (Wildman–Crippen LogP) is 6.03. The van der Waals surface area contributed by atoms with E-state index in [4.69, 9.17) is 11.6 Å². The van der Waals surface area contributed by atoms with Crippen molar-refractivity contribution >= 4 is 34.2 Å². The number of hydrogen-bond donors (Lipinski definition) is 2. The van der Waals surface area contributed by atoms with Gasteiger partial charge in [-0.15, -0.1) is 0 Å². The Hall–Kier alpha value is -3.57. The second-order valence-electron chi connectivity index (χ2n) is 7.97. The van der Waals surface area contributed by atoms with E-state index in [1.54, 1.807) is 23.1 Å². The Morgan fingerprint density at radius 3 is 2.41 bits per heavy atom. The number of benzene rings is 3. The van der Waals surface area contributed by atoms with Gasteiger partial charge in [-0.3, -0.25) is 4.79 Å². The van der Waals surface area contributed by atoms with Crippen molar-refractivity contribution in [2.24, 2.45) is 0 Å². The van der Waals surface area contributed by atoms with Crippen molar-refractivity contribution < 1.29 is 4.79 Å². The van der Waals surface area contributed by atoms with Crippen LogP contribution in [0.3, 0.4) is 0 Å². The monoisotopic (exact) mass is 445 g/mol.